The number of rotatable bonds is 4. The summed E-state index contributed by atoms with van der Waals surface area (Å²) in [5.74, 6) is 0. The van der Waals surface area contributed by atoms with Gasteiger partial charge in [-0.25, -0.2) is 0 Å². The van der Waals surface area contributed by atoms with Crippen molar-refractivity contribution >= 4 is 21.6 Å². The molecule has 0 aliphatic rings. The molecule has 0 heterocycles. The molecule has 13 heavy (non-hydrogen) atoms. The minimum absolute atomic E-state index is 0.875. The lowest BCUT2D eigenvalue weighted by Crippen LogP contribution is -2.13. The highest BCUT2D eigenvalue weighted by molar-refractivity contribution is 9.09. The zero-order valence-electron chi connectivity index (χ0n) is 8.26. The van der Waals surface area contributed by atoms with Crippen LogP contribution in [0.5, 0.6) is 0 Å². The second-order valence-electron chi connectivity index (χ2n) is 3.23. The van der Waals surface area contributed by atoms with Crippen molar-refractivity contribution in [2.45, 2.75) is 19.8 Å². The SMILES string of the molecule is CCCc1ccc(N(C)CBr)cc1. The third kappa shape index (κ3) is 3.03. The van der Waals surface area contributed by atoms with Gasteiger partial charge in [-0.2, -0.15) is 0 Å². The number of hydrogen-bond donors (Lipinski definition) is 0. The van der Waals surface area contributed by atoms with E-state index in [0.717, 1.165) is 5.45 Å². The van der Waals surface area contributed by atoms with E-state index in [1.54, 1.807) is 0 Å². The number of nitrogens with zero attached hydrogens (tertiary/aromatic N) is 1. The van der Waals surface area contributed by atoms with E-state index in [1.807, 2.05) is 0 Å². The van der Waals surface area contributed by atoms with E-state index in [1.165, 1.54) is 24.1 Å². The van der Waals surface area contributed by atoms with Crippen LogP contribution in [-0.2, 0) is 6.42 Å². The molecule has 0 fully saturated rings. The van der Waals surface area contributed by atoms with Gasteiger partial charge in [-0.1, -0.05) is 41.4 Å². The van der Waals surface area contributed by atoms with Gasteiger partial charge in [-0.15, -0.1) is 0 Å². The van der Waals surface area contributed by atoms with Gasteiger partial charge in [0, 0.05) is 12.7 Å². The van der Waals surface area contributed by atoms with E-state index in [0.29, 0.717) is 0 Å². The van der Waals surface area contributed by atoms with Crippen molar-refractivity contribution in [2.75, 3.05) is 17.4 Å². The fourth-order valence-electron chi connectivity index (χ4n) is 1.27. The molecule has 0 saturated carbocycles. The molecule has 0 aliphatic heterocycles. The predicted molar refractivity (Wildman–Crippen MR) is 62.6 cm³/mol. The molecule has 72 valence electrons. The van der Waals surface area contributed by atoms with Crippen LogP contribution >= 0.6 is 15.9 Å². The van der Waals surface area contributed by atoms with Gasteiger partial charge in [-0.3, -0.25) is 0 Å². The van der Waals surface area contributed by atoms with Gasteiger partial charge in [0.2, 0.25) is 0 Å². The van der Waals surface area contributed by atoms with Gasteiger partial charge in [-0.05, 0) is 24.1 Å². The molecule has 0 amide bonds. The zero-order chi connectivity index (χ0) is 9.68. The van der Waals surface area contributed by atoms with Crippen LogP contribution in [0, 0.1) is 0 Å². The quantitative estimate of drug-likeness (QED) is 0.577. The molecule has 0 radical (unpaired) electrons. The smallest absolute Gasteiger partial charge is 0.0732 e. The minimum Gasteiger partial charge on any atom is -0.365 e. The Kier molecular flexibility index (Phi) is 4.29. The largest absolute Gasteiger partial charge is 0.365 e. The molecule has 1 aromatic carbocycles. The van der Waals surface area contributed by atoms with Crippen LogP contribution in [0.3, 0.4) is 0 Å². The van der Waals surface area contributed by atoms with Crippen LogP contribution < -0.4 is 4.90 Å². The molecule has 1 nitrogen and oxygen atoms in total. The monoisotopic (exact) mass is 241 g/mol. The van der Waals surface area contributed by atoms with E-state index in [2.05, 4.69) is 59.1 Å². The number of alkyl halides is 1. The molecule has 0 saturated heterocycles. The summed E-state index contributed by atoms with van der Waals surface area (Å²) in [5, 5.41) is 0. The van der Waals surface area contributed by atoms with E-state index in [-0.39, 0.29) is 0 Å². The van der Waals surface area contributed by atoms with Crippen molar-refractivity contribution in [2.24, 2.45) is 0 Å². The van der Waals surface area contributed by atoms with E-state index in [9.17, 15) is 0 Å². The van der Waals surface area contributed by atoms with Gasteiger partial charge < -0.3 is 4.90 Å². The zero-order valence-corrected chi connectivity index (χ0v) is 9.84. The Morgan fingerprint density at radius 1 is 1.23 bits per heavy atom. The summed E-state index contributed by atoms with van der Waals surface area (Å²) in [6.07, 6.45) is 2.39. The van der Waals surface area contributed by atoms with E-state index < -0.39 is 0 Å². The summed E-state index contributed by atoms with van der Waals surface area (Å²) in [5.41, 5.74) is 3.56. The summed E-state index contributed by atoms with van der Waals surface area (Å²) in [7, 11) is 2.07. The Labute approximate surface area is 88.9 Å². The molecular weight excluding hydrogens is 226 g/mol. The number of anilines is 1. The summed E-state index contributed by atoms with van der Waals surface area (Å²) in [6.45, 7) is 2.21. The Bertz CT molecular complexity index is 243. The molecule has 0 aromatic heterocycles. The molecule has 1 aromatic rings. The average molecular weight is 242 g/mol. The maximum atomic E-state index is 3.43. The van der Waals surface area contributed by atoms with Crippen molar-refractivity contribution in [1.82, 2.24) is 0 Å². The van der Waals surface area contributed by atoms with Crippen LogP contribution in [0.1, 0.15) is 18.9 Å². The highest BCUT2D eigenvalue weighted by Gasteiger charge is 1.97. The van der Waals surface area contributed by atoms with Gasteiger partial charge in [0.05, 0.1) is 5.45 Å². The van der Waals surface area contributed by atoms with Crippen LogP contribution in [0.15, 0.2) is 24.3 Å². The van der Waals surface area contributed by atoms with Crippen molar-refractivity contribution < 1.29 is 0 Å². The first kappa shape index (κ1) is 10.6. The van der Waals surface area contributed by atoms with Crippen LogP contribution in [0.2, 0.25) is 0 Å². The van der Waals surface area contributed by atoms with Crippen LogP contribution in [0.4, 0.5) is 5.69 Å². The number of benzene rings is 1. The van der Waals surface area contributed by atoms with Crippen molar-refractivity contribution in [1.29, 1.82) is 0 Å². The molecule has 0 spiro atoms. The van der Waals surface area contributed by atoms with Crippen molar-refractivity contribution in [3.05, 3.63) is 29.8 Å². The number of hydrogen-bond acceptors (Lipinski definition) is 1. The summed E-state index contributed by atoms with van der Waals surface area (Å²) >= 11 is 3.43. The Morgan fingerprint density at radius 3 is 2.31 bits per heavy atom. The van der Waals surface area contributed by atoms with Gasteiger partial charge in [0.15, 0.2) is 0 Å². The molecule has 1 rings (SSSR count). The molecular formula is C11H16BrN. The maximum absolute atomic E-state index is 3.43. The molecule has 0 unspecified atom stereocenters. The van der Waals surface area contributed by atoms with E-state index >= 15 is 0 Å². The molecule has 0 N–H and O–H groups in total. The number of halogens is 1. The maximum Gasteiger partial charge on any atom is 0.0732 e. The average Bonchev–Trinajstić information content (AvgIpc) is 2.18. The first-order valence-corrected chi connectivity index (χ1v) is 5.76. The minimum atomic E-state index is 0.875. The van der Waals surface area contributed by atoms with Crippen LogP contribution in [0.25, 0.3) is 0 Å². The Hall–Kier alpha value is -0.500. The van der Waals surface area contributed by atoms with Crippen molar-refractivity contribution in [3.8, 4) is 0 Å². The van der Waals surface area contributed by atoms with Crippen LogP contribution in [-0.4, -0.2) is 12.5 Å². The standard InChI is InChI=1S/C11H16BrN/c1-3-4-10-5-7-11(8-6-10)13(2)9-12/h5-8H,3-4,9H2,1-2H3. The molecule has 0 atom stereocenters. The molecule has 0 bridgehead atoms. The Balaban J connectivity index is 2.69. The highest BCUT2D eigenvalue weighted by atomic mass is 79.9. The first-order valence-electron chi connectivity index (χ1n) is 4.64. The second kappa shape index (κ2) is 5.28. The molecule has 0 aliphatic carbocycles. The normalized spacial score (nSPS) is 10.1. The summed E-state index contributed by atoms with van der Waals surface area (Å²) in [4.78, 5) is 2.16. The van der Waals surface area contributed by atoms with Crippen molar-refractivity contribution in [3.63, 3.8) is 0 Å². The third-order valence-corrected chi connectivity index (χ3v) is 2.85. The predicted octanol–water partition coefficient (Wildman–Crippen LogP) is 3.43. The van der Waals surface area contributed by atoms with E-state index in [4.69, 9.17) is 0 Å². The lowest BCUT2D eigenvalue weighted by Gasteiger charge is -2.15. The van der Waals surface area contributed by atoms with Gasteiger partial charge in [0.1, 0.15) is 0 Å². The lowest BCUT2D eigenvalue weighted by atomic mass is 10.1. The van der Waals surface area contributed by atoms with Gasteiger partial charge >= 0.3 is 0 Å². The highest BCUT2D eigenvalue weighted by Crippen LogP contribution is 2.15. The first-order chi connectivity index (χ1) is 6.27. The summed E-state index contributed by atoms with van der Waals surface area (Å²) < 4.78 is 0. The fourth-order valence-corrected chi connectivity index (χ4v) is 1.56. The topological polar surface area (TPSA) is 3.24 Å². The Morgan fingerprint density at radius 2 is 1.85 bits per heavy atom. The number of aryl methyl sites for hydroxylation is 1. The fraction of sp³-hybridized carbons (Fsp3) is 0.455. The van der Waals surface area contributed by atoms with Gasteiger partial charge in [0.25, 0.3) is 0 Å². The second-order valence-corrected chi connectivity index (χ2v) is 3.74. The lowest BCUT2D eigenvalue weighted by molar-refractivity contribution is 0.921. The summed E-state index contributed by atoms with van der Waals surface area (Å²) in [6, 6.07) is 8.76. The molecule has 2 heteroatoms. The third-order valence-electron chi connectivity index (χ3n) is 2.10.